The van der Waals surface area contributed by atoms with Gasteiger partial charge in [-0.05, 0) is 43.3 Å². The number of nitrogens with one attached hydrogen (secondary N) is 2. The van der Waals surface area contributed by atoms with Crippen LogP contribution < -0.4 is 10.7 Å². The molecule has 2 N–H and O–H groups in total. The van der Waals surface area contributed by atoms with E-state index in [4.69, 9.17) is 23.2 Å². The second kappa shape index (κ2) is 8.41. The monoisotopic (exact) mass is 417 g/mol. The third kappa shape index (κ3) is 5.70. The van der Waals surface area contributed by atoms with Gasteiger partial charge < -0.3 is 5.32 Å². The predicted molar refractivity (Wildman–Crippen MR) is 96.9 cm³/mol. The number of amides is 2. The van der Waals surface area contributed by atoms with Crippen LogP contribution in [-0.4, -0.2) is 17.5 Å². The van der Waals surface area contributed by atoms with Crippen molar-refractivity contribution in [1.82, 2.24) is 5.43 Å². The van der Waals surface area contributed by atoms with Gasteiger partial charge in [-0.1, -0.05) is 29.3 Å². The highest BCUT2D eigenvalue weighted by Gasteiger charge is 2.30. The Kier molecular flexibility index (Phi) is 6.45. The summed E-state index contributed by atoms with van der Waals surface area (Å²) in [5, 5.41) is 6.69. The Morgan fingerprint density at radius 3 is 2.19 bits per heavy atom. The van der Waals surface area contributed by atoms with E-state index in [9.17, 15) is 22.8 Å². The van der Waals surface area contributed by atoms with Gasteiger partial charge in [0.2, 0.25) is 0 Å². The molecule has 0 unspecified atom stereocenters. The maximum atomic E-state index is 12.5. The van der Waals surface area contributed by atoms with Crippen LogP contribution in [0.4, 0.5) is 18.9 Å². The molecule has 0 aliphatic rings. The number of rotatable bonds is 3. The van der Waals surface area contributed by atoms with Gasteiger partial charge in [0, 0.05) is 16.3 Å². The molecule has 2 aromatic rings. The van der Waals surface area contributed by atoms with Crippen LogP contribution >= 0.6 is 23.2 Å². The standard InChI is InChI=1S/C17H12Cl2F3N3O2/c1-9(13-7-4-11(18)8-14(13)19)24-25-16(27)15(26)23-12-5-2-10(3-6-12)17(20,21)22/h2-8H,1H3,(H,23,26)(H,25,27)/b24-9+. The molecule has 0 bridgehead atoms. The fourth-order valence-corrected chi connectivity index (χ4v) is 2.50. The Hall–Kier alpha value is -2.58. The molecule has 0 atom stereocenters. The van der Waals surface area contributed by atoms with Crippen LogP contribution in [0.1, 0.15) is 18.1 Å². The lowest BCUT2D eigenvalue weighted by Gasteiger charge is -2.08. The number of nitrogens with zero attached hydrogens (tertiary/aromatic N) is 1. The number of hydrogen-bond donors (Lipinski definition) is 2. The van der Waals surface area contributed by atoms with Gasteiger partial charge in [-0.2, -0.15) is 18.3 Å². The fourth-order valence-electron chi connectivity index (χ4n) is 1.96. The number of halogens is 5. The first-order valence-electron chi connectivity index (χ1n) is 7.36. The first kappa shape index (κ1) is 20.7. The van der Waals surface area contributed by atoms with Gasteiger partial charge in [0.25, 0.3) is 0 Å². The minimum absolute atomic E-state index is 0.0320. The van der Waals surface area contributed by atoms with Crippen LogP contribution in [0, 0.1) is 0 Å². The SMILES string of the molecule is C/C(=N\NC(=O)C(=O)Nc1ccc(C(F)(F)F)cc1)c1ccc(Cl)cc1Cl. The molecule has 5 nitrogen and oxygen atoms in total. The summed E-state index contributed by atoms with van der Waals surface area (Å²) < 4.78 is 37.5. The lowest BCUT2D eigenvalue weighted by Crippen LogP contribution is -2.33. The Labute approximate surface area is 162 Å². The number of carbonyl (C=O) groups is 2. The zero-order chi connectivity index (χ0) is 20.2. The highest BCUT2D eigenvalue weighted by Crippen LogP contribution is 2.29. The normalized spacial score (nSPS) is 11.9. The molecule has 0 spiro atoms. The highest BCUT2D eigenvalue weighted by atomic mass is 35.5. The van der Waals surface area contributed by atoms with E-state index in [1.54, 1.807) is 19.1 Å². The maximum Gasteiger partial charge on any atom is 0.416 e. The molecule has 0 fully saturated rings. The third-order valence-electron chi connectivity index (χ3n) is 3.32. The summed E-state index contributed by atoms with van der Waals surface area (Å²) in [7, 11) is 0. The largest absolute Gasteiger partial charge is 0.416 e. The summed E-state index contributed by atoms with van der Waals surface area (Å²) in [4.78, 5) is 23.6. The number of carbonyl (C=O) groups excluding carboxylic acids is 2. The zero-order valence-electron chi connectivity index (χ0n) is 13.7. The zero-order valence-corrected chi connectivity index (χ0v) is 15.2. The molecule has 0 heterocycles. The molecule has 2 rings (SSSR count). The van der Waals surface area contributed by atoms with E-state index in [1.807, 2.05) is 5.43 Å². The first-order chi connectivity index (χ1) is 12.6. The van der Waals surface area contributed by atoms with Crippen LogP contribution in [0.25, 0.3) is 0 Å². The minimum atomic E-state index is -4.49. The Bertz CT molecular complexity index is 897. The Morgan fingerprint density at radius 1 is 1.00 bits per heavy atom. The summed E-state index contributed by atoms with van der Waals surface area (Å²) in [5.74, 6) is -2.19. The molecule has 10 heteroatoms. The molecule has 0 saturated carbocycles. The van der Waals surface area contributed by atoms with Gasteiger partial charge in [0.05, 0.1) is 16.3 Å². The van der Waals surface area contributed by atoms with Gasteiger partial charge in [0.1, 0.15) is 0 Å². The van der Waals surface area contributed by atoms with Gasteiger partial charge in [-0.15, -0.1) is 0 Å². The number of anilines is 1. The highest BCUT2D eigenvalue weighted by molar-refractivity contribution is 6.40. The van der Waals surface area contributed by atoms with Crippen LogP contribution in [0.5, 0.6) is 0 Å². The Morgan fingerprint density at radius 2 is 1.63 bits per heavy atom. The molecular weight excluding hydrogens is 406 g/mol. The summed E-state index contributed by atoms with van der Waals surface area (Å²) in [6.07, 6.45) is -4.49. The second-order valence-electron chi connectivity index (χ2n) is 5.29. The van der Waals surface area contributed by atoms with E-state index < -0.39 is 23.6 Å². The van der Waals surface area contributed by atoms with E-state index in [0.29, 0.717) is 21.3 Å². The average molecular weight is 418 g/mol. The van der Waals surface area contributed by atoms with Crippen LogP contribution in [0.3, 0.4) is 0 Å². The lowest BCUT2D eigenvalue weighted by atomic mass is 10.1. The van der Waals surface area contributed by atoms with Crippen molar-refractivity contribution in [2.75, 3.05) is 5.32 Å². The van der Waals surface area contributed by atoms with Gasteiger partial charge in [-0.25, -0.2) is 5.43 Å². The molecule has 2 amide bonds. The first-order valence-corrected chi connectivity index (χ1v) is 8.12. The van der Waals surface area contributed by atoms with E-state index in [2.05, 4.69) is 10.4 Å². The number of alkyl halides is 3. The van der Waals surface area contributed by atoms with Gasteiger partial charge in [-0.3, -0.25) is 9.59 Å². The molecule has 142 valence electrons. The van der Waals surface area contributed by atoms with E-state index in [1.165, 1.54) is 6.07 Å². The minimum Gasteiger partial charge on any atom is -0.318 e. The van der Waals surface area contributed by atoms with Crippen LogP contribution in [0.2, 0.25) is 10.0 Å². The molecule has 0 saturated heterocycles. The second-order valence-corrected chi connectivity index (χ2v) is 6.14. The summed E-state index contributed by atoms with van der Waals surface area (Å²) in [6, 6.07) is 8.33. The summed E-state index contributed by atoms with van der Waals surface area (Å²) in [5.41, 5.74) is 2.04. The topological polar surface area (TPSA) is 70.6 Å². The molecule has 2 aromatic carbocycles. The van der Waals surface area contributed by atoms with Crippen molar-refractivity contribution in [2.24, 2.45) is 5.10 Å². The van der Waals surface area contributed by atoms with Crippen molar-refractivity contribution in [1.29, 1.82) is 0 Å². The third-order valence-corrected chi connectivity index (χ3v) is 3.87. The molecule has 0 aromatic heterocycles. The van der Waals surface area contributed by atoms with Crippen LogP contribution in [-0.2, 0) is 15.8 Å². The summed E-state index contributed by atoms with van der Waals surface area (Å²) in [6.45, 7) is 1.56. The van der Waals surface area contributed by atoms with Gasteiger partial charge in [0.15, 0.2) is 0 Å². The van der Waals surface area contributed by atoms with Crippen molar-refractivity contribution < 1.29 is 22.8 Å². The number of hydrogen-bond acceptors (Lipinski definition) is 3. The van der Waals surface area contributed by atoms with E-state index in [0.717, 1.165) is 24.3 Å². The van der Waals surface area contributed by atoms with Crippen molar-refractivity contribution in [3.63, 3.8) is 0 Å². The maximum absolute atomic E-state index is 12.5. The summed E-state index contributed by atoms with van der Waals surface area (Å²) >= 11 is 11.8. The van der Waals surface area contributed by atoms with Crippen molar-refractivity contribution in [2.45, 2.75) is 13.1 Å². The number of hydrazone groups is 1. The number of benzene rings is 2. The van der Waals surface area contributed by atoms with Crippen LogP contribution in [0.15, 0.2) is 47.6 Å². The van der Waals surface area contributed by atoms with Crippen molar-refractivity contribution in [3.8, 4) is 0 Å². The fraction of sp³-hybridized carbons (Fsp3) is 0.118. The molecule has 0 aliphatic carbocycles. The molecule has 27 heavy (non-hydrogen) atoms. The smallest absolute Gasteiger partial charge is 0.318 e. The van der Waals surface area contributed by atoms with Crippen molar-refractivity contribution >= 4 is 46.4 Å². The molecule has 0 aliphatic heterocycles. The average Bonchev–Trinajstić information content (AvgIpc) is 2.59. The van der Waals surface area contributed by atoms with E-state index in [-0.39, 0.29) is 5.69 Å². The molecule has 0 radical (unpaired) electrons. The van der Waals surface area contributed by atoms with Gasteiger partial charge >= 0.3 is 18.0 Å². The lowest BCUT2D eigenvalue weighted by molar-refractivity contribution is -0.137. The Balaban J connectivity index is 2.00. The predicted octanol–water partition coefficient (Wildman–Crippen LogP) is 4.49. The quantitative estimate of drug-likeness (QED) is 0.438. The van der Waals surface area contributed by atoms with E-state index >= 15 is 0 Å². The molecular formula is C17H12Cl2F3N3O2. The van der Waals surface area contributed by atoms with Crippen molar-refractivity contribution in [3.05, 3.63) is 63.6 Å².